The zero-order valence-electron chi connectivity index (χ0n) is 11.0. The largest absolute Gasteiger partial charge is 0.481 e. The van der Waals surface area contributed by atoms with E-state index >= 15 is 0 Å². The first kappa shape index (κ1) is 14.8. The van der Waals surface area contributed by atoms with Crippen LogP contribution in [0.5, 0.6) is 0 Å². The predicted molar refractivity (Wildman–Crippen MR) is 79.4 cm³/mol. The second-order valence-corrected chi connectivity index (χ2v) is 5.99. The van der Waals surface area contributed by atoms with Crippen molar-refractivity contribution in [2.75, 3.05) is 18.8 Å². The molecular weight excluding hydrogens is 324 g/mol. The summed E-state index contributed by atoms with van der Waals surface area (Å²) in [4.78, 5) is 24.7. The third-order valence-corrected chi connectivity index (χ3v) is 4.08. The zero-order chi connectivity index (χ0) is 14.7. The van der Waals surface area contributed by atoms with E-state index in [2.05, 4.69) is 15.9 Å². The molecule has 20 heavy (non-hydrogen) atoms. The quantitative estimate of drug-likeness (QED) is 0.824. The summed E-state index contributed by atoms with van der Waals surface area (Å²) in [5.41, 5.74) is 6.83. The van der Waals surface area contributed by atoms with Crippen molar-refractivity contribution in [1.29, 1.82) is 0 Å². The van der Waals surface area contributed by atoms with Gasteiger partial charge in [-0.25, -0.2) is 0 Å². The van der Waals surface area contributed by atoms with Crippen molar-refractivity contribution in [3.63, 3.8) is 0 Å². The molecule has 1 aromatic carbocycles. The average Bonchev–Trinajstić information content (AvgIpc) is 2.84. The van der Waals surface area contributed by atoms with Gasteiger partial charge < -0.3 is 15.7 Å². The van der Waals surface area contributed by atoms with Gasteiger partial charge in [0.25, 0.3) is 5.91 Å². The van der Waals surface area contributed by atoms with E-state index < -0.39 is 5.97 Å². The Kier molecular flexibility index (Phi) is 4.65. The van der Waals surface area contributed by atoms with Crippen molar-refractivity contribution in [2.24, 2.45) is 5.92 Å². The Morgan fingerprint density at radius 2 is 2.20 bits per heavy atom. The Morgan fingerprint density at radius 3 is 2.85 bits per heavy atom. The second-order valence-electron chi connectivity index (χ2n) is 5.07. The highest BCUT2D eigenvalue weighted by Gasteiger charge is 2.28. The van der Waals surface area contributed by atoms with Gasteiger partial charge in [-0.1, -0.05) is 15.9 Å². The van der Waals surface area contributed by atoms with Crippen LogP contribution in [0.25, 0.3) is 0 Å². The average molecular weight is 341 g/mol. The number of halogens is 1. The van der Waals surface area contributed by atoms with Crippen molar-refractivity contribution >= 4 is 33.5 Å². The van der Waals surface area contributed by atoms with Gasteiger partial charge in [-0.05, 0) is 37.0 Å². The van der Waals surface area contributed by atoms with Crippen molar-refractivity contribution in [1.82, 2.24) is 4.90 Å². The molecule has 1 aliphatic rings. The summed E-state index contributed by atoms with van der Waals surface area (Å²) in [5.74, 6) is -0.591. The van der Waals surface area contributed by atoms with E-state index in [1.807, 2.05) is 0 Å². The van der Waals surface area contributed by atoms with Crippen molar-refractivity contribution in [3.05, 3.63) is 28.2 Å². The Morgan fingerprint density at radius 1 is 1.45 bits per heavy atom. The number of nitrogens with zero attached hydrogens (tertiary/aromatic N) is 1. The van der Waals surface area contributed by atoms with Gasteiger partial charge in [0.2, 0.25) is 0 Å². The van der Waals surface area contributed by atoms with Gasteiger partial charge in [0.1, 0.15) is 0 Å². The molecule has 2 rings (SSSR count). The molecular formula is C14H17BrN2O3. The summed E-state index contributed by atoms with van der Waals surface area (Å²) < 4.78 is 0.840. The van der Waals surface area contributed by atoms with Crippen molar-refractivity contribution in [3.8, 4) is 0 Å². The van der Waals surface area contributed by atoms with Crippen molar-refractivity contribution in [2.45, 2.75) is 19.3 Å². The number of likely N-dealkylation sites (tertiary alicyclic amines) is 1. The molecule has 0 saturated carbocycles. The van der Waals surface area contributed by atoms with Gasteiger partial charge in [-0.15, -0.1) is 0 Å². The van der Waals surface area contributed by atoms with Gasteiger partial charge in [-0.2, -0.15) is 0 Å². The molecule has 0 bridgehead atoms. The molecule has 0 aromatic heterocycles. The summed E-state index contributed by atoms with van der Waals surface area (Å²) in [7, 11) is 0. The first-order valence-electron chi connectivity index (χ1n) is 6.53. The zero-order valence-corrected chi connectivity index (χ0v) is 12.6. The number of aliphatic carboxylic acids is 1. The first-order valence-corrected chi connectivity index (χ1v) is 7.32. The fourth-order valence-corrected chi connectivity index (χ4v) is 2.86. The Balaban J connectivity index is 1.99. The molecule has 108 valence electrons. The lowest BCUT2D eigenvalue weighted by Gasteiger charge is -2.17. The van der Waals surface area contributed by atoms with Gasteiger partial charge >= 0.3 is 5.97 Å². The van der Waals surface area contributed by atoms with Crippen LogP contribution >= 0.6 is 15.9 Å². The molecule has 1 heterocycles. The van der Waals surface area contributed by atoms with Crippen LogP contribution in [0.3, 0.4) is 0 Å². The number of benzene rings is 1. The number of carboxylic acids is 1. The molecule has 1 saturated heterocycles. The van der Waals surface area contributed by atoms with E-state index in [0.717, 1.165) is 10.9 Å². The minimum Gasteiger partial charge on any atom is -0.481 e. The van der Waals surface area contributed by atoms with Gasteiger partial charge in [0.05, 0.1) is 5.56 Å². The molecule has 3 N–H and O–H groups in total. The van der Waals surface area contributed by atoms with Crippen LogP contribution in [-0.2, 0) is 4.79 Å². The summed E-state index contributed by atoms with van der Waals surface area (Å²) in [6.07, 6.45) is 1.64. The molecule has 5 nitrogen and oxygen atoms in total. The maximum absolute atomic E-state index is 12.4. The van der Waals surface area contributed by atoms with Crippen LogP contribution < -0.4 is 5.73 Å². The summed E-state index contributed by atoms with van der Waals surface area (Å²) in [6, 6.07) is 5.22. The fraction of sp³-hybridized carbons (Fsp3) is 0.429. The molecule has 1 unspecified atom stereocenters. The van der Waals surface area contributed by atoms with Crippen LogP contribution in [-0.4, -0.2) is 35.0 Å². The summed E-state index contributed by atoms with van der Waals surface area (Å²) >= 11 is 3.31. The lowest BCUT2D eigenvalue weighted by molar-refractivity contribution is -0.137. The van der Waals surface area contributed by atoms with Crippen LogP contribution in [0.2, 0.25) is 0 Å². The van der Waals surface area contributed by atoms with Crippen LogP contribution in [0.1, 0.15) is 29.6 Å². The van der Waals surface area contributed by atoms with E-state index in [9.17, 15) is 9.59 Å². The summed E-state index contributed by atoms with van der Waals surface area (Å²) in [5, 5.41) is 8.69. The van der Waals surface area contributed by atoms with Crippen molar-refractivity contribution < 1.29 is 14.7 Å². The van der Waals surface area contributed by atoms with E-state index in [4.69, 9.17) is 10.8 Å². The molecule has 0 aliphatic carbocycles. The number of anilines is 1. The maximum Gasteiger partial charge on any atom is 0.303 e. The molecule has 1 atom stereocenters. The smallest absolute Gasteiger partial charge is 0.303 e. The number of nitrogens with two attached hydrogens (primary N) is 1. The molecule has 1 fully saturated rings. The number of rotatable bonds is 4. The number of amides is 1. The number of carbonyl (C=O) groups is 2. The minimum absolute atomic E-state index is 0.0761. The fourth-order valence-electron chi connectivity index (χ4n) is 2.48. The third-order valence-electron chi connectivity index (χ3n) is 3.58. The highest BCUT2D eigenvalue weighted by molar-refractivity contribution is 9.10. The van der Waals surface area contributed by atoms with Gasteiger partial charge in [0.15, 0.2) is 0 Å². The highest BCUT2D eigenvalue weighted by atomic mass is 79.9. The van der Waals surface area contributed by atoms with E-state index in [1.165, 1.54) is 0 Å². The standard InChI is InChI=1S/C14H17BrN2O3/c15-10-2-3-11(12(16)7-10)14(20)17-6-5-9(8-17)1-4-13(18)19/h2-3,7,9H,1,4-6,8,16H2,(H,18,19). The highest BCUT2D eigenvalue weighted by Crippen LogP contribution is 2.25. The second kappa shape index (κ2) is 6.26. The Hall–Kier alpha value is -1.56. The number of hydrogen-bond donors (Lipinski definition) is 2. The third kappa shape index (κ3) is 3.50. The van der Waals surface area contributed by atoms with E-state index in [0.29, 0.717) is 30.8 Å². The molecule has 0 radical (unpaired) electrons. The Bertz CT molecular complexity index is 533. The van der Waals surface area contributed by atoms with E-state index in [1.54, 1.807) is 23.1 Å². The molecule has 1 amide bonds. The predicted octanol–water partition coefficient (Wildman–Crippen LogP) is 2.36. The first-order chi connectivity index (χ1) is 9.47. The molecule has 1 aliphatic heterocycles. The van der Waals surface area contributed by atoms with Crippen LogP contribution in [0.4, 0.5) is 5.69 Å². The Labute approximate surface area is 125 Å². The molecule has 0 spiro atoms. The molecule has 1 aromatic rings. The topological polar surface area (TPSA) is 83.6 Å². The van der Waals surface area contributed by atoms with Gasteiger partial charge in [-0.3, -0.25) is 9.59 Å². The van der Waals surface area contributed by atoms with Crippen LogP contribution in [0.15, 0.2) is 22.7 Å². The molecule has 6 heteroatoms. The SMILES string of the molecule is Nc1cc(Br)ccc1C(=O)N1CCC(CCC(=O)O)C1. The maximum atomic E-state index is 12.4. The number of hydrogen-bond acceptors (Lipinski definition) is 3. The number of carboxylic acid groups (broad SMARTS) is 1. The lowest BCUT2D eigenvalue weighted by atomic mass is 10.0. The van der Waals surface area contributed by atoms with E-state index in [-0.39, 0.29) is 18.2 Å². The number of nitrogen functional groups attached to an aromatic ring is 1. The summed E-state index contributed by atoms with van der Waals surface area (Å²) in [6.45, 7) is 1.28. The lowest BCUT2D eigenvalue weighted by Crippen LogP contribution is -2.29. The van der Waals surface area contributed by atoms with Crippen LogP contribution in [0, 0.1) is 5.92 Å². The number of carbonyl (C=O) groups excluding carboxylic acids is 1. The normalized spacial score (nSPS) is 18.2. The van der Waals surface area contributed by atoms with Gasteiger partial charge in [0, 0.05) is 29.7 Å². The monoisotopic (exact) mass is 340 g/mol. The minimum atomic E-state index is -0.785.